The average Bonchev–Trinajstić information content (AvgIpc) is 3.13. The van der Waals surface area contributed by atoms with Gasteiger partial charge in [-0.3, -0.25) is 4.31 Å². The van der Waals surface area contributed by atoms with Gasteiger partial charge in [-0.2, -0.15) is 0 Å². The first-order chi connectivity index (χ1) is 14.4. The average molecular weight is 473 g/mol. The number of ether oxygens (including phenoxy) is 1. The normalized spacial score (nSPS) is 17.0. The van der Waals surface area contributed by atoms with E-state index in [9.17, 15) is 22.0 Å². The molecule has 6 nitrogen and oxygen atoms in total. The van der Waals surface area contributed by atoms with Crippen molar-refractivity contribution >= 4 is 33.4 Å². The van der Waals surface area contributed by atoms with Crippen molar-refractivity contribution in [1.82, 2.24) is 4.90 Å². The maximum absolute atomic E-state index is 14.7. The van der Waals surface area contributed by atoms with E-state index in [1.54, 1.807) is 20.8 Å². The maximum atomic E-state index is 14.7. The Balaban J connectivity index is 2.01. The van der Waals surface area contributed by atoms with Gasteiger partial charge in [0, 0.05) is 24.2 Å². The predicted molar refractivity (Wildman–Crippen MR) is 114 cm³/mol. The Morgan fingerprint density at radius 1 is 1.16 bits per heavy atom. The van der Waals surface area contributed by atoms with E-state index in [-0.39, 0.29) is 24.4 Å². The molecule has 1 atom stereocenters. The number of sulfonamides is 1. The van der Waals surface area contributed by atoms with E-state index in [0.29, 0.717) is 5.02 Å². The minimum atomic E-state index is -4.29. The van der Waals surface area contributed by atoms with Crippen molar-refractivity contribution < 1.29 is 26.7 Å². The lowest BCUT2D eigenvalue weighted by molar-refractivity contribution is 0.0293. The topological polar surface area (TPSA) is 66.9 Å². The summed E-state index contributed by atoms with van der Waals surface area (Å²) in [6.45, 7) is 5.34. The number of benzene rings is 2. The highest BCUT2D eigenvalue weighted by molar-refractivity contribution is 7.92. The van der Waals surface area contributed by atoms with Gasteiger partial charge in [0.15, 0.2) is 0 Å². The molecular formula is C21H23ClF2N2O4S. The Bertz CT molecular complexity index is 1070. The largest absolute Gasteiger partial charge is 0.444 e. The zero-order valence-corrected chi connectivity index (χ0v) is 18.9. The number of halogens is 3. The molecule has 1 amide bonds. The molecule has 0 N–H and O–H groups in total. The van der Waals surface area contributed by atoms with Crippen LogP contribution in [0, 0.1) is 11.6 Å². The molecule has 0 radical (unpaired) electrons. The van der Waals surface area contributed by atoms with E-state index >= 15 is 0 Å². The molecule has 10 heteroatoms. The van der Waals surface area contributed by atoms with Crippen molar-refractivity contribution in [1.29, 1.82) is 0 Å². The maximum Gasteiger partial charge on any atom is 0.410 e. The van der Waals surface area contributed by atoms with Crippen LogP contribution < -0.4 is 4.31 Å². The first-order valence-corrected chi connectivity index (χ1v) is 11.4. The Hall–Kier alpha value is -2.39. The summed E-state index contributed by atoms with van der Waals surface area (Å²) in [5, 5.41) is 0.333. The molecule has 0 aliphatic carbocycles. The SMILES string of the molecule is CC(C)(C)OC(=O)N1CC[C@@H](N(c2cc(F)ccc2F)S(=O)(=O)c2ccc(Cl)cc2)C1. The fraction of sp³-hybridized carbons (Fsp3) is 0.381. The minimum absolute atomic E-state index is 0.0301. The van der Waals surface area contributed by atoms with Crippen LogP contribution in [0.15, 0.2) is 47.4 Å². The zero-order chi connectivity index (χ0) is 23.0. The molecule has 0 unspecified atom stereocenters. The first kappa shape index (κ1) is 23.3. The summed E-state index contributed by atoms with van der Waals surface area (Å²) >= 11 is 5.86. The second kappa shape index (κ2) is 8.63. The standard InChI is InChI=1S/C21H23ClF2N2O4S/c1-21(2,3)30-20(27)25-11-10-16(13-25)26(19-12-15(23)6-9-18(19)24)31(28,29)17-7-4-14(22)5-8-17/h4-9,12,16H,10-11,13H2,1-3H3/t16-/m1/s1. The fourth-order valence-electron chi connectivity index (χ4n) is 3.32. The summed E-state index contributed by atoms with van der Waals surface area (Å²) in [6.07, 6.45) is -0.374. The third-order valence-electron chi connectivity index (χ3n) is 4.66. The van der Waals surface area contributed by atoms with E-state index in [4.69, 9.17) is 16.3 Å². The van der Waals surface area contributed by atoms with Gasteiger partial charge in [-0.25, -0.2) is 22.0 Å². The van der Waals surface area contributed by atoms with Crippen molar-refractivity contribution in [2.75, 3.05) is 17.4 Å². The molecular weight excluding hydrogens is 450 g/mol. The molecule has 0 saturated carbocycles. The van der Waals surface area contributed by atoms with Gasteiger partial charge in [0.2, 0.25) is 0 Å². The van der Waals surface area contributed by atoms with Crippen LogP contribution in [0.1, 0.15) is 27.2 Å². The molecule has 1 aliphatic heterocycles. The van der Waals surface area contributed by atoms with Gasteiger partial charge in [0.1, 0.15) is 17.2 Å². The summed E-state index contributed by atoms with van der Waals surface area (Å²) in [4.78, 5) is 13.7. The quantitative estimate of drug-likeness (QED) is 0.639. The third kappa shape index (κ3) is 5.27. The molecule has 168 valence electrons. The smallest absolute Gasteiger partial charge is 0.410 e. The van der Waals surface area contributed by atoms with E-state index in [2.05, 4.69) is 0 Å². The molecule has 2 aromatic carbocycles. The van der Waals surface area contributed by atoms with Crippen molar-refractivity contribution in [3.05, 3.63) is 59.1 Å². The Kier molecular flexibility index (Phi) is 6.48. The number of anilines is 1. The molecule has 31 heavy (non-hydrogen) atoms. The molecule has 2 aromatic rings. The Labute approximate surface area is 185 Å². The summed E-state index contributed by atoms with van der Waals surface area (Å²) in [6, 6.07) is 7.18. The van der Waals surface area contributed by atoms with Gasteiger partial charge in [-0.1, -0.05) is 11.6 Å². The molecule has 0 aromatic heterocycles. The van der Waals surface area contributed by atoms with Gasteiger partial charge in [-0.05, 0) is 63.6 Å². The molecule has 1 saturated heterocycles. The second-order valence-electron chi connectivity index (χ2n) is 8.22. The summed E-state index contributed by atoms with van der Waals surface area (Å²) in [5.41, 5.74) is -1.15. The van der Waals surface area contributed by atoms with Crippen molar-refractivity contribution in [2.45, 2.75) is 43.7 Å². The van der Waals surface area contributed by atoms with Gasteiger partial charge in [0.25, 0.3) is 10.0 Å². The van der Waals surface area contributed by atoms with Crippen molar-refractivity contribution in [2.24, 2.45) is 0 Å². The number of carbonyl (C=O) groups is 1. The molecule has 3 rings (SSSR count). The van der Waals surface area contributed by atoms with Crippen LogP contribution in [-0.2, 0) is 14.8 Å². The Morgan fingerprint density at radius 3 is 2.42 bits per heavy atom. The van der Waals surface area contributed by atoms with Crippen LogP contribution in [0.4, 0.5) is 19.3 Å². The predicted octanol–water partition coefficient (Wildman–Crippen LogP) is 4.82. The molecule has 1 fully saturated rings. The molecule has 0 spiro atoms. The van der Waals surface area contributed by atoms with Crippen LogP contribution in [0.2, 0.25) is 5.02 Å². The van der Waals surface area contributed by atoms with Crippen molar-refractivity contribution in [3.63, 3.8) is 0 Å². The van der Waals surface area contributed by atoms with Gasteiger partial charge >= 0.3 is 6.09 Å². The fourth-order valence-corrected chi connectivity index (χ4v) is 5.12. The van der Waals surface area contributed by atoms with Crippen molar-refractivity contribution in [3.8, 4) is 0 Å². The highest BCUT2D eigenvalue weighted by Crippen LogP contribution is 2.33. The van der Waals surface area contributed by atoms with E-state index in [1.165, 1.54) is 29.2 Å². The summed E-state index contributed by atoms with van der Waals surface area (Å²) in [7, 11) is -4.29. The lowest BCUT2D eigenvalue weighted by Gasteiger charge is -2.31. The van der Waals surface area contributed by atoms with E-state index in [0.717, 1.165) is 22.5 Å². The number of rotatable bonds is 4. The monoisotopic (exact) mass is 472 g/mol. The lowest BCUT2D eigenvalue weighted by atomic mass is 10.2. The van der Waals surface area contributed by atoms with Gasteiger partial charge in [0.05, 0.1) is 16.6 Å². The van der Waals surface area contributed by atoms with E-state index < -0.39 is 45.1 Å². The van der Waals surface area contributed by atoms with Gasteiger partial charge in [-0.15, -0.1) is 0 Å². The summed E-state index contributed by atoms with van der Waals surface area (Å²) < 4.78 is 61.7. The zero-order valence-electron chi connectivity index (χ0n) is 17.3. The van der Waals surface area contributed by atoms with E-state index in [1.807, 2.05) is 0 Å². The number of amides is 1. The van der Waals surface area contributed by atoms with Gasteiger partial charge < -0.3 is 9.64 Å². The second-order valence-corrected chi connectivity index (χ2v) is 10.5. The first-order valence-electron chi connectivity index (χ1n) is 9.61. The highest BCUT2D eigenvalue weighted by atomic mass is 35.5. The number of hydrogen-bond donors (Lipinski definition) is 0. The summed E-state index contributed by atoms with van der Waals surface area (Å²) in [5.74, 6) is -1.68. The van der Waals surface area contributed by atoms with Crippen LogP contribution >= 0.6 is 11.6 Å². The van der Waals surface area contributed by atoms with Crippen LogP contribution in [-0.4, -0.2) is 44.1 Å². The molecule has 1 heterocycles. The number of hydrogen-bond acceptors (Lipinski definition) is 4. The molecule has 1 aliphatic rings. The number of nitrogens with zero attached hydrogens (tertiary/aromatic N) is 2. The lowest BCUT2D eigenvalue weighted by Crippen LogP contribution is -2.44. The number of likely N-dealkylation sites (tertiary alicyclic amines) is 1. The minimum Gasteiger partial charge on any atom is -0.444 e. The van der Waals surface area contributed by atoms with Crippen LogP contribution in [0.5, 0.6) is 0 Å². The van der Waals surface area contributed by atoms with Crippen LogP contribution in [0.3, 0.4) is 0 Å². The number of carbonyl (C=O) groups excluding carboxylic acids is 1. The highest BCUT2D eigenvalue weighted by Gasteiger charge is 2.40. The van der Waals surface area contributed by atoms with Crippen LogP contribution in [0.25, 0.3) is 0 Å². The molecule has 0 bridgehead atoms. The Morgan fingerprint density at radius 2 is 1.81 bits per heavy atom. The third-order valence-corrected chi connectivity index (χ3v) is 6.80.